The highest BCUT2D eigenvalue weighted by molar-refractivity contribution is 5.93. The summed E-state index contributed by atoms with van der Waals surface area (Å²) in [4.78, 5) is 20.4. The highest BCUT2D eigenvalue weighted by Crippen LogP contribution is 2.18. The number of nitrogens with one attached hydrogen (secondary N) is 3. The van der Waals surface area contributed by atoms with E-state index in [1.165, 1.54) is 0 Å². The molecule has 0 radical (unpaired) electrons. The Kier molecular flexibility index (Phi) is 5.85. The molecule has 30 heavy (non-hydrogen) atoms. The third kappa shape index (κ3) is 4.93. The maximum absolute atomic E-state index is 12.2. The van der Waals surface area contributed by atoms with E-state index in [-0.39, 0.29) is 11.6 Å². The molecule has 0 aliphatic rings. The Morgan fingerprint density at radius 3 is 2.60 bits per heavy atom. The molecular formula is C20H18N8O2. The quantitative estimate of drug-likeness (QED) is 0.380. The Hall–Kier alpha value is -4.34. The number of hydrogen-bond donors (Lipinski definition) is 3. The summed E-state index contributed by atoms with van der Waals surface area (Å²) in [6.45, 7) is 0.851. The largest absolute Gasteiger partial charge is 0.367 e. The lowest BCUT2D eigenvalue weighted by molar-refractivity contribution is 0.0946. The molecule has 150 valence electrons. The third-order valence-corrected chi connectivity index (χ3v) is 3.99. The molecule has 0 spiro atoms. The molecule has 0 aliphatic heterocycles. The molecule has 0 atom stereocenters. The molecule has 4 aromatic heterocycles. The maximum atomic E-state index is 12.2. The summed E-state index contributed by atoms with van der Waals surface area (Å²) in [5.74, 6) is 2.03. The Morgan fingerprint density at radius 2 is 1.83 bits per heavy atom. The van der Waals surface area contributed by atoms with Gasteiger partial charge in [-0.2, -0.15) is 0 Å². The van der Waals surface area contributed by atoms with Gasteiger partial charge in [-0.1, -0.05) is 11.2 Å². The number of rotatable bonds is 8. The predicted molar refractivity (Wildman–Crippen MR) is 110 cm³/mol. The van der Waals surface area contributed by atoms with Crippen LogP contribution < -0.4 is 16.0 Å². The van der Waals surface area contributed by atoms with Gasteiger partial charge in [-0.3, -0.25) is 9.78 Å². The van der Waals surface area contributed by atoms with Crippen molar-refractivity contribution < 1.29 is 9.32 Å². The topological polar surface area (TPSA) is 131 Å². The maximum Gasteiger partial charge on any atom is 0.273 e. The first-order valence-corrected chi connectivity index (χ1v) is 9.19. The fraction of sp³-hybridized carbons (Fsp3) is 0.100. The van der Waals surface area contributed by atoms with Crippen molar-refractivity contribution in [3.63, 3.8) is 0 Å². The first-order valence-electron chi connectivity index (χ1n) is 9.19. The van der Waals surface area contributed by atoms with Crippen LogP contribution in [-0.4, -0.2) is 44.3 Å². The van der Waals surface area contributed by atoms with Crippen LogP contribution in [0.15, 0.2) is 71.6 Å². The second kappa shape index (κ2) is 9.24. The molecule has 0 bridgehead atoms. The average Bonchev–Trinajstić information content (AvgIpc) is 3.30. The fourth-order valence-corrected chi connectivity index (χ4v) is 2.55. The van der Waals surface area contributed by atoms with Crippen molar-refractivity contribution in [2.75, 3.05) is 23.7 Å². The van der Waals surface area contributed by atoms with E-state index >= 15 is 0 Å². The SMILES string of the molecule is O=C(NCCNc1ccc(Nc2ccccn2)nn1)c1cc(-c2cccnc2)on1. The summed E-state index contributed by atoms with van der Waals surface area (Å²) in [6.07, 6.45) is 5.00. The zero-order valence-electron chi connectivity index (χ0n) is 15.8. The number of hydrogen-bond acceptors (Lipinski definition) is 9. The van der Waals surface area contributed by atoms with Gasteiger partial charge >= 0.3 is 0 Å². The molecule has 4 aromatic rings. The first kappa shape index (κ1) is 19.0. The Balaban J connectivity index is 1.22. The van der Waals surface area contributed by atoms with E-state index in [0.29, 0.717) is 36.3 Å². The van der Waals surface area contributed by atoms with Gasteiger partial charge in [0.2, 0.25) is 0 Å². The zero-order valence-corrected chi connectivity index (χ0v) is 15.8. The molecule has 0 saturated heterocycles. The highest BCUT2D eigenvalue weighted by Gasteiger charge is 2.13. The van der Waals surface area contributed by atoms with Gasteiger partial charge in [0.05, 0.1) is 0 Å². The van der Waals surface area contributed by atoms with Gasteiger partial charge in [0.1, 0.15) is 11.6 Å². The molecule has 4 rings (SSSR count). The van der Waals surface area contributed by atoms with E-state index in [1.54, 1.807) is 42.9 Å². The lowest BCUT2D eigenvalue weighted by Crippen LogP contribution is -2.29. The van der Waals surface area contributed by atoms with Crippen LogP contribution in [0.25, 0.3) is 11.3 Å². The van der Waals surface area contributed by atoms with Gasteiger partial charge < -0.3 is 20.5 Å². The highest BCUT2D eigenvalue weighted by atomic mass is 16.5. The Labute approximate surface area is 171 Å². The van der Waals surface area contributed by atoms with Crippen LogP contribution >= 0.6 is 0 Å². The standard InChI is InChI=1S/C20H18N8O2/c29-20(15-12-16(30-28-15)14-4-3-8-21-13-14)24-11-10-23-18-6-7-19(27-26-18)25-17-5-1-2-9-22-17/h1-9,12-13H,10-11H2,(H,23,26)(H,24,29)(H,22,25,27). The van der Waals surface area contributed by atoms with Crippen molar-refractivity contribution in [3.8, 4) is 11.3 Å². The number of anilines is 3. The van der Waals surface area contributed by atoms with Gasteiger partial charge in [-0.15, -0.1) is 10.2 Å². The van der Waals surface area contributed by atoms with E-state index in [0.717, 1.165) is 5.56 Å². The van der Waals surface area contributed by atoms with Crippen LogP contribution in [-0.2, 0) is 0 Å². The summed E-state index contributed by atoms with van der Waals surface area (Å²) in [5, 5.41) is 20.9. The van der Waals surface area contributed by atoms with E-state index in [1.807, 2.05) is 24.3 Å². The summed E-state index contributed by atoms with van der Waals surface area (Å²) in [6, 6.07) is 14.3. The molecule has 10 nitrogen and oxygen atoms in total. The predicted octanol–water partition coefficient (Wildman–Crippen LogP) is 2.51. The van der Waals surface area contributed by atoms with Gasteiger partial charge in [-0.25, -0.2) is 4.98 Å². The molecular weight excluding hydrogens is 384 g/mol. The van der Waals surface area contributed by atoms with Crippen molar-refractivity contribution in [2.24, 2.45) is 0 Å². The molecule has 0 unspecified atom stereocenters. The number of amides is 1. The number of pyridine rings is 2. The minimum atomic E-state index is -0.323. The molecule has 0 aromatic carbocycles. The van der Waals surface area contributed by atoms with Crippen molar-refractivity contribution in [1.29, 1.82) is 0 Å². The van der Waals surface area contributed by atoms with E-state index < -0.39 is 0 Å². The van der Waals surface area contributed by atoms with E-state index in [2.05, 4.69) is 41.3 Å². The third-order valence-electron chi connectivity index (χ3n) is 3.99. The van der Waals surface area contributed by atoms with Gasteiger partial charge in [-0.05, 0) is 36.4 Å². The summed E-state index contributed by atoms with van der Waals surface area (Å²) >= 11 is 0. The lowest BCUT2D eigenvalue weighted by Gasteiger charge is -2.07. The van der Waals surface area contributed by atoms with Crippen LogP contribution in [0.1, 0.15) is 10.5 Å². The lowest BCUT2D eigenvalue weighted by atomic mass is 10.2. The number of aromatic nitrogens is 5. The van der Waals surface area contributed by atoms with Crippen LogP contribution in [0.3, 0.4) is 0 Å². The summed E-state index contributed by atoms with van der Waals surface area (Å²) in [7, 11) is 0. The zero-order chi connectivity index (χ0) is 20.6. The monoisotopic (exact) mass is 402 g/mol. The summed E-state index contributed by atoms with van der Waals surface area (Å²) < 4.78 is 5.21. The van der Waals surface area contributed by atoms with Crippen molar-refractivity contribution in [2.45, 2.75) is 0 Å². The molecule has 1 amide bonds. The normalized spacial score (nSPS) is 10.4. The van der Waals surface area contributed by atoms with Gasteiger partial charge in [0.15, 0.2) is 17.3 Å². The smallest absolute Gasteiger partial charge is 0.273 e. The molecule has 10 heteroatoms. The molecule has 0 fully saturated rings. The van der Waals surface area contributed by atoms with Crippen LogP contribution in [0.2, 0.25) is 0 Å². The van der Waals surface area contributed by atoms with E-state index in [4.69, 9.17) is 4.52 Å². The molecule has 0 saturated carbocycles. The fourth-order valence-electron chi connectivity index (χ4n) is 2.55. The van der Waals surface area contributed by atoms with Gasteiger partial charge in [0.25, 0.3) is 5.91 Å². The minimum Gasteiger partial charge on any atom is -0.367 e. The average molecular weight is 402 g/mol. The van der Waals surface area contributed by atoms with Crippen LogP contribution in [0.5, 0.6) is 0 Å². The van der Waals surface area contributed by atoms with Crippen molar-refractivity contribution in [1.82, 2.24) is 30.6 Å². The first-order chi connectivity index (χ1) is 14.8. The Bertz CT molecular complexity index is 1080. The molecule has 0 aliphatic carbocycles. The van der Waals surface area contributed by atoms with Gasteiger partial charge in [0, 0.05) is 43.3 Å². The minimum absolute atomic E-state index is 0.207. The molecule has 3 N–H and O–H groups in total. The van der Waals surface area contributed by atoms with Crippen molar-refractivity contribution in [3.05, 3.63) is 72.8 Å². The van der Waals surface area contributed by atoms with Crippen molar-refractivity contribution >= 4 is 23.4 Å². The van der Waals surface area contributed by atoms with E-state index in [9.17, 15) is 4.79 Å². The molecule has 4 heterocycles. The summed E-state index contributed by atoms with van der Waals surface area (Å²) in [5.41, 5.74) is 0.962. The second-order valence-electron chi connectivity index (χ2n) is 6.14. The second-order valence-corrected chi connectivity index (χ2v) is 6.14. The Morgan fingerprint density at radius 1 is 0.933 bits per heavy atom. The van der Waals surface area contributed by atoms with Crippen LogP contribution in [0.4, 0.5) is 17.5 Å². The van der Waals surface area contributed by atoms with Crippen LogP contribution in [0, 0.1) is 0 Å². The number of nitrogens with zero attached hydrogens (tertiary/aromatic N) is 5. The number of carbonyl (C=O) groups excluding carboxylic acids is 1. The number of carbonyl (C=O) groups is 1.